The number of hydrazine groups is 1. The van der Waals surface area contributed by atoms with Gasteiger partial charge in [0.05, 0.1) is 17.9 Å². The molecule has 2 N–H and O–H groups in total. The second-order valence-electron chi connectivity index (χ2n) is 8.67. The number of para-hydroxylation sites is 1. The van der Waals surface area contributed by atoms with Crippen LogP contribution in [-0.2, 0) is 21.7 Å². The first-order valence-electron chi connectivity index (χ1n) is 11.0. The predicted octanol–water partition coefficient (Wildman–Crippen LogP) is 2.42. The first-order chi connectivity index (χ1) is 16.2. The van der Waals surface area contributed by atoms with Gasteiger partial charge >= 0.3 is 6.03 Å². The van der Waals surface area contributed by atoms with Gasteiger partial charge in [-0.25, -0.2) is 9.48 Å². The van der Waals surface area contributed by atoms with Crippen molar-refractivity contribution in [1.29, 1.82) is 0 Å². The van der Waals surface area contributed by atoms with E-state index in [0.29, 0.717) is 12.1 Å². The van der Waals surface area contributed by atoms with Crippen LogP contribution in [0.2, 0.25) is 0 Å². The summed E-state index contributed by atoms with van der Waals surface area (Å²) in [5, 5.41) is 8.08. The Hall–Kier alpha value is -3.98. The van der Waals surface area contributed by atoms with Crippen LogP contribution in [-0.4, -0.2) is 51.1 Å². The van der Waals surface area contributed by atoms with Gasteiger partial charge in [0.15, 0.2) is 0 Å². The summed E-state index contributed by atoms with van der Waals surface area (Å²) in [5.74, 6) is -0.996. The zero-order valence-corrected chi connectivity index (χ0v) is 19.7. The van der Waals surface area contributed by atoms with Gasteiger partial charge in [0.1, 0.15) is 5.54 Å². The van der Waals surface area contributed by atoms with Crippen LogP contribution in [0.3, 0.4) is 0 Å². The lowest BCUT2D eigenvalue weighted by Crippen LogP contribution is -2.50. The number of nitrogens with zero attached hydrogens (tertiary/aromatic N) is 4. The summed E-state index contributed by atoms with van der Waals surface area (Å²) in [7, 11) is 1.80. The third-order valence-electron chi connectivity index (χ3n) is 6.06. The first-order valence-corrected chi connectivity index (χ1v) is 11.0. The van der Waals surface area contributed by atoms with E-state index in [0.717, 1.165) is 27.6 Å². The van der Waals surface area contributed by atoms with Gasteiger partial charge in [-0.2, -0.15) is 10.1 Å². The number of hydrogen-bond donors (Lipinski definition) is 2. The Bertz CT molecular complexity index is 1220. The van der Waals surface area contributed by atoms with E-state index < -0.39 is 23.4 Å². The number of benzene rings is 2. The highest BCUT2D eigenvalue weighted by molar-refractivity contribution is 6.08. The number of carbonyl (C=O) groups is 3. The number of aryl methyl sites for hydroxylation is 1. The van der Waals surface area contributed by atoms with Crippen LogP contribution in [0.25, 0.3) is 5.69 Å². The molecule has 1 atom stereocenters. The van der Waals surface area contributed by atoms with Gasteiger partial charge in [0, 0.05) is 17.8 Å². The molecule has 1 saturated heterocycles. The largest absolute Gasteiger partial charge is 0.344 e. The molecule has 0 spiro atoms. The number of urea groups is 1. The summed E-state index contributed by atoms with van der Waals surface area (Å²) in [6.07, 6.45) is 0. The maximum Gasteiger partial charge on any atom is 0.344 e. The van der Waals surface area contributed by atoms with Gasteiger partial charge in [-0.05, 0) is 45.5 Å². The quantitative estimate of drug-likeness (QED) is 0.528. The van der Waals surface area contributed by atoms with Crippen molar-refractivity contribution in [2.75, 3.05) is 13.6 Å². The van der Waals surface area contributed by atoms with Crippen molar-refractivity contribution in [3.63, 3.8) is 0 Å². The van der Waals surface area contributed by atoms with E-state index in [2.05, 4.69) is 15.8 Å². The number of amides is 4. The molecule has 2 aromatic carbocycles. The van der Waals surface area contributed by atoms with Crippen LogP contribution in [0.5, 0.6) is 0 Å². The zero-order chi connectivity index (χ0) is 24.5. The molecule has 1 aliphatic heterocycles. The summed E-state index contributed by atoms with van der Waals surface area (Å²) in [5.41, 5.74) is 5.71. The molecule has 1 unspecified atom stereocenters. The fraction of sp³-hybridized carbons (Fsp3) is 0.280. The zero-order valence-electron chi connectivity index (χ0n) is 19.7. The summed E-state index contributed by atoms with van der Waals surface area (Å²) in [4.78, 5) is 40.0. The van der Waals surface area contributed by atoms with Crippen molar-refractivity contribution >= 4 is 17.8 Å². The van der Waals surface area contributed by atoms with Crippen LogP contribution in [0.1, 0.15) is 29.4 Å². The highest BCUT2D eigenvalue weighted by Gasteiger charge is 2.49. The van der Waals surface area contributed by atoms with Crippen molar-refractivity contribution < 1.29 is 14.4 Å². The number of likely N-dealkylation sites (N-methyl/N-ethyl adjacent to an activating group) is 1. The minimum absolute atomic E-state index is 0.00545. The van der Waals surface area contributed by atoms with Crippen LogP contribution in [0, 0.1) is 13.8 Å². The van der Waals surface area contributed by atoms with E-state index >= 15 is 0 Å². The lowest BCUT2D eigenvalue weighted by atomic mass is 9.92. The summed E-state index contributed by atoms with van der Waals surface area (Å²) in [6.45, 7) is 6.03. The Morgan fingerprint density at radius 2 is 1.68 bits per heavy atom. The molecule has 0 bridgehead atoms. The van der Waals surface area contributed by atoms with E-state index in [1.165, 1.54) is 0 Å². The normalized spacial score (nSPS) is 17.9. The first kappa shape index (κ1) is 23.2. The number of imide groups is 1. The van der Waals surface area contributed by atoms with E-state index in [-0.39, 0.29) is 6.54 Å². The highest BCUT2D eigenvalue weighted by atomic mass is 16.2. The van der Waals surface area contributed by atoms with E-state index in [1.54, 1.807) is 38.2 Å². The molecule has 0 saturated carbocycles. The molecule has 1 fully saturated rings. The van der Waals surface area contributed by atoms with E-state index in [9.17, 15) is 14.4 Å². The molecule has 3 aromatic rings. The molecule has 9 heteroatoms. The molecule has 176 valence electrons. The SMILES string of the molecule is Cc1nn(-c2ccccc2)c(C)c1CN(C)CC(=O)NN1C(=O)NC(C)(c2ccccc2)C1=O. The third-order valence-corrected chi connectivity index (χ3v) is 6.06. The topological polar surface area (TPSA) is 99.6 Å². The standard InChI is InChI=1S/C25H28N6O3/c1-17-21(18(2)30(27-17)20-13-9-6-10-14-20)15-29(4)16-22(32)28-31-23(33)25(3,26-24(31)34)19-11-7-5-8-12-19/h5-14H,15-16H2,1-4H3,(H,26,34)(H,28,32). The summed E-state index contributed by atoms with van der Waals surface area (Å²) in [6, 6.07) is 18.1. The molecular formula is C25H28N6O3. The van der Waals surface area contributed by atoms with Crippen molar-refractivity contribution in [2.24, 2.45) is 0 Å². The number of rotatable bonds is 7. The highest BCUT2D eigenvalue weighted by Crippen LogP contribution is 2.27. The molecule has 0 aliphatic carbocycles. The van der Waals surface area contributed by atoms with Gasteiger partial charge in [-0.3, -0.25) is 19.9 Å². The average Bonchev–Trinajstić information content (AvgIpc) is 3.22. The van der Waals surface area contributed by atoms with Crippen molar-refractivity contribution in [1.82, 2.24) is 30.4 Å². The molecule has 9 nitrogen and oxygen atoms in total. The Kier molecular flexibility index (Phi) is 6.21. The Labute approximate surface area is 198 Å². The van der Waals surface area contributed by atoms with Gasteiger partial charge < -0.3 is 5.32 Å². The fourth-order valence-corrected chi connectivity index (χ4v) is 4.16. The molecule has 2 heterocycles. The molecule has 1 aliphatic rings. The summed E-state index contributed by atoms with van der Waals surface area (Å²) >= 11 is 0. The van der Waals surface area contributed by atoms with E-state index in [4.69, 9.17) is 0 Å². The molecular weight excluding hydrogens is 432 g/mol. The minimum atomic E-state index is -1.24. The Balaban J connectivity index is 1.41. The molecule has 34 heavy (non-hydrogen) atoms. The van der Waals surface area contributed by atoms with Gasteiger partial charge in [-0.1, -0.05) is 48.5 Å². The van der Waals surface area contributed by atoms with Gasteiger partial charge in [0.2, 0.25) is 0 Å². The Morgan fingerprint density at radius 1 is 1.06 bits per heavy atom. The Morgan fingerprint density at radius 3 is 2.32 bits per heavy atom. The van der Waals surface area contributed by atoms with Gasteiger partial charge in [0.25, 0.3) is 11.8 Å². The summed E-state index contributed by atoms with van der Waals surface area (Å²) < 4.78 is 1.89. The molecule has 4 rings (SSSR count). The number of aromatic nitrogens is 2. The van der Waals surface area contributed by atoms with Crippen LogP contribution >= 0.6 is 0 Å². The second-order valence-corrected chi connectivity index (χ2v) is 8.67. The second kappa shape index (κ2) is 9.11. The van der Waals surface area contributed by atoms with Crippen molar-refractivity contribution in [3.05, 3.63) is 83.2 Å². The smallest absolute Gasteiger partial charge is 0.318 e. The molecule has 0 radical (unpaired) electrons. The number of hydrogen-bond acceptors (Lipinski definition) is 5. The van der Waals surface area contributed by atoms with Crippen LogP contribution in [0.15, 0.2) is 60.7 Å². The monoisotopic (exact) mass is 460 g/mol. The van der Waals surface area contributed by atoms with Crippen LogP contribution in [0.4, 0.5) is 4.79 Å². The maximum atomic E-state index is 13.0. The molecule has 4 amide bonds. The fourth-order valence-electron chi connectivity index (χ4n) is 4.16. The van der Waals surface area contributed by atoms with Crippen LogP contribution < -0.4 is 10.7 Å². The molecule has 1 aromatic heterocycles. The lowest BCUT2D eigenvalue weighted by molar-refractivity contribution is -0.139. The third kappa shape index (κ3) is 4.29. The lowest BCUT2D eigenvalue weighted by Gasteiger charge is -2.22. The predicted molar refractivity (Wildman–Crippen MR) is 127 cm³/mol. The number of nitrogens with one attached hydrogen (secondary N) is 2. The number of carbonyl (C=O) groups excluding carboxylic acids is 3. The van der Waals surface area contributed by atoms with Crippen molar-refractivity contribution in [3.8, 4) is 5.69 Å². The average molecular weight is 461 g/mol. The minimum Gasteiger partial charge on any atom is -0.318 e. The maximum absolute atomic E-state index is 13.0. The van der Waals surface area contributed by atoms with E-state index in [1.807, 2.05) is 59.8 Å². The van der Waals surface area contributed by atoms with Gasteiger partial charge in [-0.15, -0.1) is 0 Å². The van der Waals surface area contributed by atoms with Crippen molar-refractivity contribution in [2.45, 2.75) is 32.9 Å².